The number of fused-ring (bicyclic) bond motifs is 12. The molecule has 6 nitrogen and oxygen atoms in total. The maximum Gasteiger partial charge on any atom is 0.0964 e. The van der Waals surface area contributed by atoms with Crippen molar-refractivity contribution in [2.24, 2.45) is 0 Å². The van der Waals surface area contributed by atoms with E-state index in [1.165, 1.54) is 54.7 Å². The molecule has 0 aliphatic rings. The van der Waals surface area contributed by atoms with Gasteiger partial charge < -0.3 is 18.3 Å². The zero-order valence-corrected chi connectivity index (χ0v) is 34.5. The fraction of sp³-hybridized carbons (Fsp3) is 0. The van der Waals surface area contributed by atoms with Gasteiger partial charge in [-0.05, 0) is 132 Å². The molecule has 0 bridgehead atoms. The van der Waals surface area contributed by atoms with Crippen LogP contribution >= 0.6 is 0 Å². The quantitative estimate of drug-likeness (QED) is 0.174. The minimum atomic E-state index is 0.997. The summed E-state index contributed by atoms with van der Waals surface area (Å²) in [5.74, 6) is 0. The van der Waals surface area contributed by atoms with Gasteiger partial charge in [0.05, 0.1) is 55.2 Å². The maximum absolute atomic E-state index is 4.91. The average Bonchev–Trinajstić information content (AvgIpc) is 4.09. The molecule has 298 valence electrons. The first-order valence-corrected chi connectivity index (χ1v) is 21.7. The summed E-state index contributed by atoms with van der Waals surface area (Å²) in [4.78, 5) is 9.81. The topological polar surface area (TPSA) is 45.5 Å². The van der Waals surface area contributed by atoms with E-state index in [0.717, 1.165) is 66.6 Å². The fourth-order valence-electron chi connectivity index (χ4n) is 10.5. The Morgan fingerprint density at radius 2 is 0.594 bits per heavy atom. The number of rotatable bonds is 5. The molecule has 14 aromatic rings. The molecule has 64 heavy (non-hydrogen) atoms. The smallest absolute Gasteiger partial charge is 0.0964 e. The number of para-hydroxylation sites is 4. The molecule has 8 aromatic carbocycles. The van der Waals surface area contributed by atoms with Crippen LogP contribution in [0.5, 0.6) is 0 Å². The van der Waals surface area contributed by atoms with E-state index in [0.29, 0.717) is 0 Å². The van der Waals surface area contributed by atoms with Crippen molar-refractivity contribution >= 4 is 87.5 Å². The van der Waals surface area contributed by atoms with Crippen molar-refractivity contribution in [2.75, 3.05) is 0 Å². The Kier molecular flexibility index (Phi) is 7.30. The van der Waals surface area contributed by atoms with Gasteiger partial charge in [0.25, 0.3) is 0 Å². The lowest BCUT2D eigenvalue weighted by Crippen LogP contribution is -1.95. The van der Waals surface area contributed by atoms with E-state index in [1.54, 1.807) is 0 Å². The van der Waals surface area contributed by atoms with Crippen LogP contribution in [-0.2, 0) is 0 Å². The second kappa shape index (κ2) is 13.4. The van der Waals surface area contributed by atoms with Crippen molar-refractivity contribution in [3.8, 4) is 33.9 Å². The molecule has 0 unspecified atom stereocenters. The second-order valence-corrected chi connectivity index (χ2v) is 16.7. The highest BCUT2D eigenvalue weighted by Gasteiger charge is 2.20. The second-order valence-electron chi connectivity index (χ2n) is 16.7. The van der Waals surface area contributed by atoms with E-state index in [9.17, 15) is 0 Å². The number of pyridine rings is 2. The van der Waals surface area contributed by atoms with E-state index in [2.05, 4.69) is 212 Å². The maximum atomic E-state index is 4.91. The van der Waals surface area contributed by atoms with Gasteiger partial charge in [0, 0.05) is 67.5 Å². The minimum absolute atomic E-state index is 0.997. The third-order valence-corrected chi connectivity index (χ3v) is 13.2. The molecular formula is C58H36N6. The van der Waals surface area contributed by atoms with Gasteiger partial charge in [-0.1, -0.05) is 84.9 Å². The van der Waals surface area contributed by atoms with Crippen molar-refractivity contribution in [2.45, 2.75) is 0 Å². The first-order chi connectivity index (χ1) is 31.8. The Labute approximate surface area is 366 Å². The molecule has 0 saturated carbocycles. The minimum Gasteiger partial charge on any atom is -0.309 e. The van der Waals surface area contributed by atoms with Crippen LogP contribution in [-0.4, -0.2) is 28.2 Å². The van der Waals surface area contributed by atoms with Gasteiger partial charge in [0.15, 0.2) is 0 Å². The molecule has 0 atom stereocenters. The van der Waals surface area contributed by atoms with E-state index < -0.39 is 0 Å². The highest BCUT2D eigenvalue weighted by atomic mass is 15.0. The van der Waals surface area contributed by atoms with Gasteiger partial charge in [-0.25, -0.2) is 0 Å². The molecule has 0 saturated heterocycles. The molecular weight excluding hydrogens is 781 g/mol. The molecule has 0 spiro atoms. The Morgan fingerprint density at radius 1 is 0.234 bits per heavy atom. The van der Waals surface area contributed by atoms with Gasteiger partial charge in [-0.15, -0.1) is 0 Å². The molecule has 0 amide bonds. The average molecular weight is 817 g/mol. The number of hydrogen-bond acceptors (Lipinski definition) is 2. The SMILES string of the molecule is c1ccc(-n2c3ccc(-n4c5ccccc5c5cc(-c6ccc7c(c6)c6ccccc6n7-c6ccc7c(c6)c6ncccc6n7-c6ccccc6)ccc54)cc3c3ncccc32)cc1. The highest BCUT2D eigenvalue weighted by molar-refractivity contribution is 6.14. The van der Waals surface area contributed by atoms with Crippen molar-refractivity contribution in [3.63, 3.8) is 0 Å². The van der Waals surface area contributed by atoms with E-state index in [-0.39, 0.29) is 0 Å². The lowest BCUT2D eigenvalue weighted by molar-refractivity contribution is 1.16. The normalized spacial score (nSPS) is 12.1. The molecule has 6 heterocycles. The van der Waals surface area contributed by atoms with Crippen molar-refractivity contribution in [1.82, 2.24) is 28.2 Å². The van der Waals surface area contributed by atoms with Crippen LogP contribution in [0.15, 0.2) is 219 Å². The van der Waals surface area contributed by atoms with Gasteiger partial charge in [0.1, 0.15) is 0 Å². The zero-order valence-electron chi connectivity index (χ0n) is 34.5. The summed E-state index contributed by atoms with van der Waals surface area (Å²) in [6.07, 6.45) is 3.79. The van der Waals surface area contributed by atoms with Gasteiger partial charge >= 0.3 is 0 Å². The van der Waals surface area contributed by atoms with Gasteiger partial charge in [-0.2, -0.15) is 0 Å². The van der Waals surface area contributed by atoms with Crippen LogP contribution in [0.4, 0.5) is 0 Å². The molecule has 0 fully saturated rings. The largest absolute Gasteiger partial charge is 0.309 e. The monoisotopic (exact) mass is 816 g/mol. The molecule has 0 radical (unpaired) electrons. The first kappa shape index (κ1) is 34.9. The molecule has 14 rings (SSSR count). The van der Waals surface area contributed by atoms with Crippen LogP contribution in [0, 0.1) is 0 Å². The van der Waals surface area contributed by atoms with E-state index >= 15 is 0 Å². The Balaban J connectivity index is 0.917. The predicted octanol–water partition coefficient (Wildman–Crippen LogP) is 14.5. The first-order valence-electron chi connectivity index (χ1n) is 21.7. The molecule has 6 aromatic heterocycles. The van der Waals surface area contributed by atoms with Crippen LogP contribution < -0.4 is 0 Å². The van der Waals surface area contributed by atoms with Crippen LogP contribution in [0.2, 0.25) is 0 Å². The van der Waals surface area contributed by atoms with Crippen molar-refractivity contribution in [1.29, 1.82) is 0 Å². The molecule has 0 aliphatic heterocycles. The van der Waals surface area contributed by atoms with Crippen LogP contribution in [0.1, 0.15) is 0 Å². The standard InChI is InChI=1S/C58H36N6/c1-3-13-39(14-4-1)61-53-29-25-41(35-47(53)57-55(61)21-11-31-59-57)63-49-19-9-7-17-43(49)45-33-37(23-27-51(45)63)38-24-28-52-46(34-38)44-18-8-10-20-50(44)64(52)42-26-30-54-48(36-42)58-56(22-12-32-60-58)62(54)40-15-5-2-6-16-40/h1-36H. The zero-order chi connectivity index (χ0) is 41.9. The van der Waals surface area contributed by atoms with Crippen LogP contribution in [0.3, 0.4) is 0 Å². The van der Waals surface area contributed by atoms with Gasteiger partial charge in [-0.3, -0.25) is 9.97 Å². The highest BCUT2D eigenvalue weighted by Crippen LogP contribution is 2.41. The lowest BCUT2D eigenvalue weighted by Gasteiger charge is -2.11. The number of aromatic nitrogens is 6. The van der Waals surface area contributed by atoms with Crippen LogP contribution in [0.25, 0.3) is 121 Å². The number of nitrogens with zero attached hydrogens (tertiary/aromatic N) is 6. The third-order valence-electron chi connectivity index (χ3n) is 13.2. The molecule has 6 heteroatoms. The Hall–Kier alpha value is -8.74. The van der Waals surface area contributed by atoms with E-state index in [1.807, 2.05) is 24.5 Å². The number of hydrogen-bond donors (Lipinski definition) is 0. The summed E-state index contributed by atoms with van der Waals surface area (Å²) < 4.78 is 9.44. The van der Waals surface area contributed by atoms with Gasteiger partial charge in [0.2, 0.25) is 0 Å². The summed E-state index contributed by atoms with van der Waals surface area (Å²) in [6, 6.07) is 74.5. The third kappa shape index (κ3) is 4.96. The Morgan fingerprint density at radius 3 is 1.06 bits per heavy atom. The Bertz CT molecular complexity index is 3910. The summed E-state index contributed by atoms with van der Waals surface area (Å²) in [5, 5.41) is 7.14. The summed E-state index contributed by atoms with van der Waals surface area (Å²) >= 11 is 0. The lowest BCUT2D eigenvalue weighted by atomic mass is 10.0. The number of benzene rings is 8. The predicted molar refractivity (Wildman–Crippen MR) is 265 cm³/mol. The van der Waals surface area contributed by atoms with Crippen molar-refractivity contribution in [3.05, 3.63) is 219 Å². The van der Waals surface area contributed by atoms with E-state index in [4.69, 9.17) is 9.97 Å². The fourth-order valence-corrected chi connectivity index (χ4v) is 10.5. The molecule has 0 aliphatic carbocycles. The summed E-state index contributed by atoms with van der Waals surface area (Å²) in [7, 11) is 0. The molecule has 0 N–H and O–H groups in total. The summed E-state index contributed by atoms with van der Waals surface area (Å²) in [5.41, 5.74) is 18.0. The van der Waals surface area contributed by atoms with Crippen molar-refractivity contribution < 1.29 is 0 Å². The summed E-state index contributed by atoms with van der Waals surface area (Å²) in [6.45, 7) is 0.